The summed E-state index contributed by atoms with van der Waals surface area (Å²) < 4.78 is 1.32. The molecule has 0 aliphatic rings. The second-order valence-electron chi connectivity index (χ2n) is 3.42. The van der Waals surface area contributed by atoms with E-state index in [1.54, 1.807) is 0 Å². The SMILES string of the molecule is CC(c1ccccc1)c1nnc(N)n1N. The van der Waals surface area contributed by atoms with Gasteiger partial charge in [-0.1, -0.05) is 37.3 Å². The van der Waals surface area contributed by atoms with Crippen molar-refractivity contribution < 1.29 is 0 Å². The molecular weight excluding hydrogens is 190 g/mol. The molecule has 0 spiro atoms. The van der Waals surface area contributed by atoms with Crippen LogP contribution in [0.2, 0.25) is 0 Å². The molecule has 0 radical (unpaired) electrons. The molecule has 0 bridgehead atoms. The Labute approximate surface area is 87.7 Å². The minimum Gasteiger partial charge on any atom is -0.366 e. The van der Waals surface area contributed by atoms with Gasteiger partial charge in [0.05, 0.1) is 0 Å². The van der Waals surface area contributed by atoms with Gasteiger partial charge in [0.25, 0.3) is 0 Å². The average Bonchev–Trinajstić information content (AvgIpc) is 2.60. The molecule has 0 fully saturated rings. The zero-order valence-electron chi connectivity index (χ0n) is 8.46. The first-order valence-corrected chi connectivity index (χ1v) is 4.71. The second kappa shape index (κ2) is 3.61. The second-order valence-corrected chi connectivity index (χ2v) is 3.42. The Morgan fingerprint density at radius 1 is 1.20 bits per heavy atom. The molecule has 78 valence electrons. The van der Waals surface area contributed by atoms with Gasteiger partial charge >= 0.3 is 0 Å². The highest BCUT2D eigenvalue weighted by molar-refractivity contribution is 5.28. The average molecular weight is 203 g/mol. The molecule has 0 saturated carbocycles. The first kappa shape index (κ1) is 9.51. The minimum absolute atomic E-state index is 0.0843. The molecule has 1 heterocycles. The normalized spacial score (nSPS) is 12.6. The Balaban J connectivity index is 2.37. The fourth-order valence-electron chi connectivity index (χ4n) is 1.50. The molecule has 0 aliphatic carbocycles. The van der Waals surface area contributed by atoms with Crippen LogP contribution in [-0.4, -0.2) is 14.9 Å². The molecule has 1 atom stereocenters. The van der Waals surface area contributed by atoms with Crippen LogP contribution in [0, 0.1) is 0 Å². The van der Waals surface area contributed by atoms with Gasteiger partial charge in [0.1, 0.15) is 0 Å². The van der Waals surface area contributed by atoms with Crippen LogP contribution in [0.3, 0.4) is 0 Å². The van der Waals surface area contributed by atoms with E-state index in [0.29, 0.717) is 5.82 Å². The Kier molecular flexibility index (Phi) is 2.29. The lowest BCUT2D eigenvalue weighted by molar-refractivity contribution is 0.767. The van der Waals surface area contributed by atoms with Crippen LogP contribution < -0.4 is 11.6 Å². The van der Waals surface area contributed by atoms with E-state index in [1.165, 1.54) is 4.68 Å². The highest BCUT2D eigenvalue weighted by atomic mass is 15.4. The van der Waals surface area contributed by atoms with Gasteiger partial charge in [0.2, 0.25) is 5.95 Å². The predicted molar refractivity (Wildman–Crippen MR) is 58.5 cm³/mol. The quantitative estimate of drug-likeness (QED) is 0.705. The lowest BCUT2D eigenvalue weighted by atomic mass is 10.0. The third kappa shape index (κ3) is 1.63. The van der Waals surface area contributed by atoms with Crippen LogP contribution in [0.1, 0.15) is 24.2 Å². The number of nitrogens with two attached hydrogens (primary N) is 2. The molecule has 4 N–H and O–H groups in total. The van der Waals surface area contributed by atoms with Gasteiger partial charge in [-0.3, -0.25) is 0 Å². The summed E-state index contributed by atoms with van der Waals surface area (Å²) in [5, 5.41) is 7.68. The molecule has 5 heteroatoms. The van der Waals surface area contributed by atoms with Crippen molar-refractivity contribution in [2.24, 2.45) is 0 Å². The number of hydrogen-bond donors (Lipinski definition) is 2. The summed E-state index contributed by atoms with van der Waals surface area (Å²) in [6, 6.07) is 9.97. The third-order valence-corrected chi connectivity index (χ3v) is 2.44. The van der Waals surface area contributed by atoms with E-state index in [0.717, 1.165) is 5.56 Å². The van der Waals surface area contributed by atoms with E-state index in [2.05, 4.69) is 10.2 Å². The van der Waals surface area contributed by atoms with Crippen molar-refractivity contribution in [3.63, 3.8) is 0 Å². The van der Waals surface area contributed by atoms with E-state index >= 15 is 0 Å². The maximum Gasteiger partial charge on any atom is 0.240 e. The smallest absolute Gasteiger partial charge is 0.240 e. The molecule has 1 aromatic carbocycles. The zero-order valence-corrected chi connectivity index (χ0v) is 8.46. The Bertz CT molecular complexity index is 448. The summed E-state index contributed by atoms with van der Waals surface area (Å²) in [5.41, 5.74) is 6.66. The third-order valence-electron chi connectivity index (χ3n) is 2.44. The van der Waals surface area contributed by atoms with Gasteiger partial charge in [0, 0.05) is 5.92 Å². The Morgan fingerprint density at radius 2 is 1.87 bits per heavy atom. The molecule has 0 aliphatic heterocycles. The predicted octanol–water partition coefficient (Wildman–Crippen LogP) is 0.726. The maximum absolute atomic E-state index is 5.71. The van der Waals surface area contributed by atoms with E-state index in [1.807, 2.05) is 37.3 Å². The standard InChI is InChI=1S/C10H13N5/c1-7(8-5-3-2-4-6-8)9-13-14-10(11)15(9)12/h2-7H,12H2,1H3,(H2,11,14). The van der Waals surface area contributed by atoms with Gasteiger partial charge in [-0.05, 0) is 5.56 Å². The molecule has 0 saturated heterocycles. The number of hydrogen-bond acceptors (Lipinski definition) is 4. The number of anilines is 1. The number of rotatable bonds is 2. The van der Waals surface area contributed by atoms with E-state index < -0.39 is 0 Å². The molecule has 1 aromatic heterocycles. The van der Waals surface area contributed by atoms with Crippen LogP contribution in [-0.2, 0) is 0 Å². The van der Waals surface area contributed by atoms with Crippen LogP contribution >= 0.6 is 0 Å². The van der Waals surface area contributed by atoms with Gasteiger partial charge in [-0.25, -0.2) is 4.68 Å². The van der Waals surface area contributed by atoms with Gasteiger partial charge in [-0.2, -0.15) is 0 Å². The lowest BCUT2D eigenvalue weighted by Gasteiger charge is -2.10. The van der Waals surface area contributed by atoms with Crippen molar-refractivity contribution >= 4 is 5.95 Å². The molecule has 15 heavy (non-hydrogen) atoms. The molecule has 2 rings (SSSR count). The molecule has 0 amide bonds. The summed E-state index contributed by atoms with van der Waals surface area (Å²) >= 11 is 0. The van der Waals surface area contributed by atoms with Crippen molar-refractivity contribution in [2.75, 3.05) is 11.6 Å². The van der Waals surface area contributed by atoms with E-state index in [4.69, 9.17) is 11.6 Å². The highest BCUT2D eigenvalue weighted by Gasteiger charge is 2.15. The summed E-state index contributed by atoms with van der Waals surface area (Å²) in [5.74, 6) is 6.69. The number of nitrogens with zero attached hydrogens (tertiary/aromatic N) is 3. The van der Waals surface area contributed by atoms with Gasteiger partial charge in [0.15, 0.2) is 5.82 Å². The monoisotopic (exact) mass is 203 g/mol. The van der Waals surface area contributed by atoms with Crippen LogP contribution in [0.25, 0.3) is 0 Å². The topological polar surface area (TPSA) is 82.8 Å². The van der Waals surface area contributed by atoms with Crippen LogP contribution in [0.15, 0.2) is 30.3 Å². The van der Waals surface area contributed by atoms with Crippen molar-refractivity contribution in [2.45, 2.75) is 12.8 Å². The van der Waals surface area contributed by atoms with Gasteiger partial charge < -0.3 is 11.6 Å². The number of benzene rings is 1. The molecule has 5 nitrogen and oxygen atoms in total. The highest BCUT2D eigenvalue weighted by Crippen LogP contribution is 2.21. The van der Waals surface area contributed by atoms with E-state index in [9.17, 15) is 0 Å². The fourth-order valence-corrected chi connectivity index (χ4v) is 1.50. The van der Waals surface area contributed by atoms with Crippen molar-refractivity contribution in [3.05, 3.63) is 41.7 Å². The minimum atomic E-state index is 0.0843. The molecule has 1 unspecified atom stereocenters. The summed E-state index contributed by atoms with van der Waals surface area (Å²) in [4.78, 5) is 0. The van der Waals surface area contributed by atoms with Crippen molar-refractivity contribution in [3.8, 4) is 0 Å². The van der Waals surface area contributed by atoms with Crippen LogP contribution in [0.5, 0.6) is 0 Å². The van der Waals surface area contributed by atoms with Gasteiger partial charge in [-0.15, -0.1) is 10.2 Å². The molecular formula is C10H13N5. The van der Waals surface area contributed by atoms with Crippen molar-refractivity contribution in [1.82, 2.24) is 14.9 Å². The summed E-state index contributed by atoms with van der Waals surface area (Å²) in [6.45, 7) is 2.02. The fraction of sp³-hybridized carbons (Fsp3) is 0.200. The Morgan fingerprint density at radius 3 is 2.40 bits per heavy atom. The molecule has 2 aromatic rings. The summed E-state index contributed by atoms with van der Waals surface area (Å²) in [6.07, 6.45) is 0. The lowest BCUT2D eigenvalue weighted by Crippen LogP contribution is -2.17. The number of aromatic nitrogens is 3. The summed E-state index contributed by atoms with van der Waals surface area (Å²) in [7, 11) is 0. The van der Waals surface area contributed by atoms with Crippen molar-refractivity contribution in [1.29, 1.82) is 0 Å². The zero-order chi connectivity index (χ0) is 10.8. The largest absolute Gasteiger partial charge is 0.366 e. The Hall–Kier alpha value is -2.04. The first-order valence-electron chi connectivity index (χ1n) is 4.71. The van der Waals surface area contributed by atoms with E-state index in [-0.39, 0.29) is 11.9 Å². The number of nitrogen functional groups attached to an aromatic ring is 2. The van der Waals surface area contributed by atoms with Crippen LogP contribution in [0.4, 0.5) is 5.95 Å². The first-order chi connectivity index (χ1) is 7.20. The maximum atomic E-state index is 5.71.